The second kappa shape index (κ2) is 9.11. The molecule has 0 aliphatic heterocycles. The molecule has 3 N–H and O–H groups in total. The van der Waals surface area contributed by atoms with Crippen LogP contribution in [0.1, 0.15) is 33.2 Å². The number of esters is 1. The summed E-state index contributed by atoms with van der Waals surface area (Å²) in [4.78, 5) is 24.7. The summed E-state index contributed by atoms with van der Waals surface area (Å²) in [6, 6.07) is 18.4. The van der Waals surface area contributed by atoms with Crippen molar-refractivity contribution in [2.45, 2.75) is 6.92 Å². The molecule has 0 bridgehead atoms. The Kier molecular flexibility index (Phi) is 5.91. The number of nitrogens with one attached hydrogen (secondary N) is 1. The molecule has 0 atom stereocenters. The Morgan fingerprint density at radius 1 is 1.12 bits per heavy atom. The summed E-state index contributed by atoms with van der Waals surface area (Å²) in [7, 11) is 0. The minimum Gasteiger partial charge on any atom is -0.462 e. The molecule has 2 aromatic carbocycles. The van der Waals surface area contributed by atoms with Crippen LogP contribution in [0, 0.1) is 11.3 Å². The van der Waals surface area contributed by atoms with Gasteiger partial charge in [-0.1, -0.05) is 18.2 Å². The standard InChI is InChI=1S/C24H19N5O4/c1-2-32-24(31)19-14-29-22(20(19)23(26)30)21(15(12-25)13-27-29)28-16-8-10-18(11-9-16)33-17-6-4-3-5-7-17/h3-11,13-14,28H,2H2,1H3,(H2,26,30). The van der Waals surface area contributed by atoms with Crippen molar-refractivity contribution in [2.24, 2.45) is 5.73 Å². The fraction of sp³-hybridized carbons (Fsp3) is 0.0833. The molecule has 164 valence electrons. The van der Waals surface area contributed by atoms with E-state index < -0.39 is 11.9 Å². The summed E-state index contributed by atoms with van der Waals surface area (Å²) in [6.07, 6.45) is 2.69. The molecule has 9 nitrogen and oxygen atoms in total. The lowest BCUT2D eigenvalue weighted by atomic mass is 10.1. The molecule has 0 aliphatic rings. The number of carbonyl (C=O) groups is 2. The summed E-state index contributed by atoms with van der Waals surface area (Å²) >= 11 is 0. The van der Waals surface area contributed by atoms with Crippen LogP contribution in [0.5, 0.6) is 11.5 Å². The summed E-state index contributed by atoms with van der Waals surface area (Å²) < 4.78 is 12.2. The molecular formula is C24H19N5O4. The van der Waals surface area contributed by atoms with Crippen LogP contribution in [0.15, 0.2) is 67.0 Å². The second-order valence-corrected chi connectivity index (χ2v) is 6.91. The van der Waals surface area contributed by atoms with Crippen LogP contribution >= 0.6 is 0 Å². The van der Waals surface area contributed by atoms with Crippen molar-refractivity contribution in [1.82, 2.24) is 9.61 Å². The number of aromatic nitrogens is 2. The molecule has 2 heterocycles. The van der Waals surface area contributed by atoms with Crippen LogP contribution in [0.25, 0.3) is 5.52 Å². The number of anilines is 2. The Bertz CT molecular complexity index is 1370. The minimum atomic E-state index is -0.841. The predicted molar refractivity (Wildman–Crippen MR) is 121 cm³/mol. The van der Waals surface area contributed by atoms with Gasteiger partial charge in [-0.05, 0) is 43.3 Å². The molecule has 0 spiro atoms. The monoisotopic (exact) mass is 441 g/mol. The van der Waals surface area contributed by atoms with Gasteiger partial charge in [0, 0.05) is 11.9 Å². The van der Waals surface area contributed by atoms with E-state index in [1.807, 2.05) is 30.3 Å². The maximum Gasteiger partial charge on any atom is 0.340 e. The van der Waals surface area contributed by atoms with Crippen LogP contribution < -0.4 is 15.8 Å². The van der Waals surface area contributed by atoms with Crippen LogP contribution in [-0.4, -0.2) is 28.1 Å². The van der Waals surface area contributed by atoms with E-state index in [1.165, 1.54) is 16.9 Å². The third-order valence-electron chi connectivity index (χ3n) is 4.77. The summed E-state index contributed by atoms with van der Waals surface area (Å²) in [5.74, 6) is -0.223. The largest absolute Gasteiger partial charge is 0.462 e. The van der Waals surface area contributed by atoms with E-state index in [1.54, 1.807) is 31.2 Å². The van der Waals surface area contributed by atoms with Crippen molar-refractivity contribution in [1.29, 1.82) is 5.26 Å². The first kappa shape index (κ1) is 21.4. The zero-order chi connectivity index (χ0) is 23.4. The molecule has 4 aromatic rings. The molecule has 0 saturated heterocycles. The first-order valence-corrected chi connectivity index (χ1v) is 10.0. The zero-order valence-electron chi connectivity index (χ0n) is 17.6. The van der Waals surface area contributed by atoms with E-state index in [0.717, 1.165) is 0 Å². The van der Waals surface area contributed by atoms with E-state index in [0.29, 0.717) is 17.2 Å². The first-order chi connectivity index (χ1) is 16.0. The Morgan fingerprint density at radius 2 is 1.82 bits per heavy atom. The quantitative estimate of drug-likeness (QED) is 0.414. The summed E-state index contributed by atoms with van der Waals surface area (Å²) in [5.41, 5.74) is 6.76. The Morgan fingerprint density at radius 3 is 2.45 bits per heavy atom. The maximum absolute atomic E-state index is 12.4. The van der Waals surface area contributed by atoms with Crippen molar-refractivity contribution >= 4 is 28.8 Å². The minimum absolute atomic E-state index is 0.0263. The Hall–Kier alpha value is -4.84. The summed E-state index contributed by atoms with van der Waals surface area (Å²) in [5, 5.41) is 16.9. The van der Waals surface area contributed by atoms with Crippen molar-refractivity contribution in [2.75, 3.05) is 11.9 Å². The number of ether oxygens (including phenoxy) is 2. The third-order valence-corrected chi connectivity index (χ3v) is 4.77. The number of carbonyl (C=O) groups excluding carboxylic acids is 2. The number of nitrogens with zero attached hydrogens (tertiary/aromatic N) is 3. The number of amides is 1. The first-order valence-electron chi connectivity index (χ1n) is 10.0. The molecule has 0 aliphatic carbocycles. The molecule has 0 saturated carbocycles. The van der Waals surface area contributed by atoms with Crippen LogP contribution in [0.4, 0.5) is 11.4 Å². The smallest absolute Gasteiger partial charge is 0.340 e. The maximum atomic E-state index is 12.4. The van der Waals surface area contributed by atoms with Gasteiger partial charge in [0.2, 0.25) is 0 Å². The number of nitriles is 1. The highest BCUT2D eigenvalue weighted by Crippen LogP contribution is 2.32. The van der Waals surface area contributed by atoms with Gasteiger partial charge < -0.3 is 20.5 Å². The van der Waals surface area contributed by atoms with Crippen molar-refractivity contribution < 1.29 is 19.1 Å². The van der Waals surface area contributed by atoms with Gasteiger partial charge in [0.15, 0.2) is 0 Å². The van der Waals surface area contributed by atoms with Gasteiger partial charge in [0.05, 0.1) is 35.2 Å². The molecule has 1 amide bonds. The molecule has 2 aromatic heterocycles. The number of nitrogens with two attached hydrogens (primary N) is 1. The van der Waals surface area contributed by atoms with Crippen molar-refractivity contribution in [3.8, 4) is 17.6 Å². The van der Waals surface area contributed by atoms with Crippen molar-refractivity contribution in [3.63, 3.8) is 0 Å². The normalized spacial score (nSPS) is 10.4. The SMILES string of the molecule is CCOC(=O)c1cn2ncc(C#N)c(Nc3ccc(Oc4ccccc4)cc3)c2c1C(N)=O. The van der Waals surface area contributed by atoms with Gasteiger partial charge in [0.25, 0.3) is 5.91 Å². The van der Waals surface area contributed by atoms with Crippen molar-refractivity contribution in [3.05, 3.63) is 83.7 Å². The highest BCUT2D eigenvalue weighted by Gasteiger charge is 2.26. The zero-order valence-corrected chi connectivity index (χ0v) is 17.6. The van der Waals surface area contributed by atoms with E-state index >= 15 is 0 Å². The lowest BCUT2D eigenvalue weighted by Gasteiger charge is -2.12. The van der Waals surface area contributed by atoms with Crippen LogP contribution in [0.3, 0.4) is 0 Å². The number of hydrogen-bond acceptors (Lipinski definition) is 7. The number of rotatable bonds is 7. The highest BCUT2D eigenvalue weighted by atomic mass is 16.5. The van der Waals surface area contributed by atoms with E-state index in [4.69, 9.17) is 15.2 Å². The Labute approximate surface area is 189 Å². The highest BCUT2D eigenvalue weighted by molar-refractivity contribution is 6.12. The number of primary amides is 1. The molecule has 9 heteroatoms. The van der Waals surface area contributed by atoms with Gasteiger partial charge in [0.1, 0.15) is 23.1 Å². The fourth-order valence-corrected chi connectivity index (χ4v) is 3.34. The van der Waals surface area contributed by atoms with Gasteiger partial charge in [-0.2, -0.15) is 10.4 Å². The molecule has 0 fully saturated rings. The van der Waals surface area contributed by atoms with E-state index in [9.17, 15) is 14.9 Å². The topological polar surface area (TPSA) is 132 Å². The average molecular weight is 441 g/mol. The summed E-state index contributed by atoms with van der Waals surface area (Å²) in [6.45, 7) is 1.78. The number of hydrogen-bond donors (Lipinski definition) is 2. The van der Waals surface area contributed by atoms with Crippen LogP contribution in [0.2, 0.25) is 0 Å². The van der Waals surface area contributed by atoms with E-state index in [2.05, 4.69) is 16.5 Å². The number of benzene rings is 2. The molecule has 4 rings (SSSR count). The predicted octanol–water partition coefficient (Wildman–Crippen LogP) is 4.02. The molecular weight excluding hydrogens is 422 g/mol. The van der Waals surface area contributed by atoms with Gasteiger partial charge in [-0.25, -0.2) is 9.31 Å². The third kappa shape index (κ3) is 4.31. The van der Waals surface area contributed by atoms with Gasteiger partial charge in [-0.3, -0.25) is 4.79 Å². The van der Waals surface area contributed by atoms with Gasteiger partial charge >= 0.3 is 5.97 Å². The number of fused-ring (bicyclic) bond motifs is 1. The lowest BCUT2D eigenvalue weighted by molar-refractivity contribution is 0.0523. The molecule has 33 heavy (non-hydrogen) atoms. The average Bonchev–Trinajstić information content (AvgIpc) is 3.22. The second-order valence-electron chi connectivity index (χ2n) is 6.91. The van der Waals surface area contributed by atoms with Crippen LogP contribution in [-0.2, 0) is 4.74 Å². The number of para-hydroxylation sites is 1. The van der Waals surface area contributed by atoms with E-state index in [-0.39, 0.29) is 34.5 Å². The van der Waals surface area contributed by atoms with Gasteiger partial charge in [-0.15, -0.1) is 0 Å². The molecule has 0 radical (unpaired) electrons. The fourth-order valence-electron chi connectivity index (χ4n) is 3.34. The molecule has 0 unspecified atom stereocenters. The lowest BCUT2D eigenvalue weighted by Crippen LogP contribution is -2.16. The Balaban J connectivity index is 1.74.